The molecule has 0 aliphatic heterocycles. The summed E-state index contributed by atoms with van der Waals surface area (Å²) >= 11 is 0. The first-order chi connectivity index (χ1) is 5.24. The predicted octanol–water partition coefficient (Wildman–Crippen LogP) is 0.722. The maximum Gasteiger partial charge on any atom is 0.244 e. The van der Waals surface area contributed by atoms with E-state index in [0.717, 1.165) is 12.2 Å². The minimum absolute atomic E-state index is 0.337. The van der Waals surface area contributed by atoms with Gasteiger partial charge in [0.1, 0.15) is 0 Å². The third kappa shape index (κ3) is 1.83. The van der Waals surface area contributed by atoms with Gasteiger partial charge in [-0.1, -0.05) is 6.08 Å². The molecule has 0 saturated heterocycles. The van der Waals surface area contributed by atoms with Crippen LogP contribution in [0.4, 0.5) is 0 Å². The minimum atomic E-state index is -0.337. The molecule has 0 radical (unpaired) electrons. The first kappa shape index (κ1) is 7.85. The van der Waals surface area contributed by atoms with Crippen molar-refractivity contribution in [3.05, 3.63) is 23.5 Å². The quantitative estimate of drug-likeness (QED) is 0.635. The Morgan fingerprint density at radius 1 is 1.55 bits per heavy atom. The van der Waals surface area contributed by atoms with Gasteiger partial charge in [-0.25, -0.2) is 0 Å². The number of hydrogen-bond donors (Lipinski definition) is 1. The Balaban J connectivity index is 2.69. The van der Waals surface area contributed by atoms with Crippen molar-refractivity contribution in [3.8, 4) is 0 Å². The summed E-state index contributed by atoms with van der Waals surface area (Å²) in [4.78, 5) is 10.6. The molecular formula is C8H11NO2. The van der Waals surface area contributed by atoms with Crippen LogP contribution in [0.15, 0.2) is 23.5 Å². The van der Waals surface area contributed by atoms with E-state index < -0.39 is 0 Å². The molecule has 0 spiro atoms. The normalized spacial score (nSPS) is 16.8. The van der Waals surface area contributed by atoms with E-state index in [2.05, 4.69) is 0 Å². The lowest BCUT2D eigenvalue weighted by molar-refractivity contribution is -0.114. The number of primary amides is 1. The number of ether oxygens (including phenoxy) is 1. The highest BCUT2D eigenvalue weighted by Crippen LogP contribution is 2.17. The number of methoxy groups -OCH3 is 1. The van der Waals surface area contributed by atoms with Gasteiger partial charge in [0.2, 0.25) is 5.91 Å². The lowest BCUT2D eigenvalue weighted by Gasteiger charge is -2.10. The highest BCUT2D eigenvalue weighted by molar-refractivity contribution is 5.92. The molecular weight excluding hydrogens is 142 g/mol. The van der Waals surface area contributed by atoms with Crippen molar-refractivity contribution in [2.75, 3.05) is 7.11 Å². The monoisotopic (exact) mass is 153 g/mol. The summed E-state index contributed by atoms with van der Waals surface area (Å²) in [5.74, 6) is 0.561. The Morgan fingerprint density at radius 2 is 2.27 bits per heavy atom. The van der Waals surface area contributed by atoms with Gasteiger partial charge in [-0.05, 0) is 12.5 Å². The first-order valence-corrected chi connectivity index (χ1v) is 3.47. The molecule has 60 valence electrons. The smallest absolute Gasteiger partial charge is 0.244 e. The largest absolute Gasteiger partial charge is 0.501 e. The van der Waals surface area contributed by atoms with Crippen LogP contribution in [0.1, 0.15) is 12.8 Å². The van der Waals surface area contributed by atoms with Crippen LogP contribution in [0.3, 0.4) is 0 Å². The molecule has 3 heteroatoms. The Morgan fingerprint density at radius 3 is 2.64 bits per heavy atom. The molecule has 1 aliphatic rings. The van der Waals surface area contributed by atoms with Gasteiger partial charge < -0.3 is 10.5 Å². The summed E-state index contributed by atoms with van der Waals surface area (Å²) in [5, 5.41) is 0. The molecule has 11 heavy (non-hydrogen) atoms. The van der Waals surface area contributed by atoms with Crippen molar-refractivity contribution < 1.29 is 9.53 Å². The van der Waals surface area contributed by atoms with Gasteiger partial charge in [0, 0.05) is 12.0 Å². The van der Waals surface area contributed by atoms with E-state index in [-0.39, 0.29) is 5.91 Å². The summed E-state index contributed by atoms with van der Waals surface area (Å²) in [6, 6.07) is 0. The van der Waals surface area contributed by atoms with E-state index in [0.29, 0.717) is 12.0 Å². The second-order valence-corrected chi connectivity index (χ2v) is 2.39. The van der Waals surface area contributed by atoms with Crippen LogP contribution >= 0.6 is 0 Å². The number of nitrogens with two attached hydrogens (primary N) is 1. The fourth-order valence-corrected chi connectivity index (χ4v) is 0.994. The Labute approximate surface area is 65.5 Å². The third-order valence-corrected chi connectivity index (χ3v) is 1.69. The molecule has 2 N–H and O–H groups in total. The van der Waals surface area contributed by atoms with Gasteiger partial charge >= 0.3 is 0 Å². The molecule has 1 rings (SSSR count). The van der Waals surface area contributed by atoms with Gasteiger partial charge in [0.15, 0.2) is 0 Å². The van der Waals surface area contributed by atoms with E-state index >= 15 is 0 Å². The Bertz CT molecular complexity index is 228. The zero-order chi connectivity index (χ0) is 8.27. The maximum absolute atomic E-state index is 10.6. The number of amides is 1. The zero-order valence-electron chi connectivity index (χ0n) is 6.46. The maximum atomic E-state index is 10.6. The first-order valence-electron chi connectivity index (χ1n) is 3.47. The van der Waals surface area contributed by atoms with Gasteiger partial charge in [-0.2, -0.15) is 0 Å². The van der Waals surface area contributed by atoms with Crippen molar-refractivity contribution in [2.24, 2.45) is 5.73 Å². The molecule has 0 aromatic heterocycles. The average Bonchev–Trinajstić information content (AvgIpc) is 2.05. The second kappa shape index (κ2) is 3.23. The van der Waals surface area contributed by atoms with Crippen LogP contribution in [0.5, 0.6) is 0 Å². The van der Waals surface area contributed by atoms with Crippen molar-refractivity contribution in [1.82, 2.24) is 0 Å². The molecule has 0 bridgehead atoms. The molecule has 0 saturated carbocycles. The Hall–Kier alpha value is -1.25. The topological polar surface area (TPSA) is 52.3 Å². The average molecular weight is 153 g/mol. The standard InChI is InChI=1S/C8H11NO2/c1-11-7-4-2-6(3-5-7)8(9)10/h2,4H,3,5H2,1H3,(H2,9,10). The molecule has 1 aliphatic carbocycles. The lowest BCUT2D eigenvalue weighted by Crippen LogP contribution is -2.15. The fourth-order valence-electron chi connectivity index (χ4n) is 0.994. The van der Waals surface area contributed by atoms with Crippen LogP contribution < -0.4 is 5.73 Å². The van der Waals surface area contributed by atoms with E-state index in [9.17, 15) is 4.79 Å². The number of carbonyl (C=O) groups is 1. The highest BCUT2D eigenvalue weighted by Gasteiger charge is 2.09. The van der Waals surface area contributed by atoms with Crippen LogP contribution in [-0.2, 0) is 9.53 Å². The van der Waals surface area contributed by atoms with E-state index in [1.165, 1.54) is 0 Å². The van der Waals surface area contributed by atoms with Gasteiger partial charge in [-0.3, -0.25) is 4.79 Å². The number of allylic oxidation sites excluding steroid dienone is 3. The number of hydrogen-bond acceptors (Lipinski definition) is 2. The molecule has 0 aromatic rings. The number of rotatable bonds is 2. The summed E-state index contributed by atoms with van der Waals surface area (Å²) in [7, 11) is 1.62. The predicted molar refractivity (Wildman–Crippen MR) is 41.6 cm³/mol. The van der Waals surface area contributed by atoms with Crippen LogP contribution in [0, 0.1) is 0 Å². The highest BCUT2D eigenvalue weighted by atomic mass is 16.5. The molecule has 0 aromatic carbocycles. The molecule has 1 amide bonds. The SMILES string of the molecule is COC1=CC=C(C(N)=O)CC1. The summed E-state index contributed by atoms with van der Waals surface area (Å²) < 4.78 is 4.98. The minimum Gasteiger partial charge on any atom is -0.501 e. The number of carbonyl (C=O) groups excluding carboxylic acids is 1. The molecule has 3 nitrogen and oxygen atoms in total. The van der Waals surface area contributed by atoms with Gasteiger partial charge in [0.05, 0.1) is 12.9 Å². The van der Waals surface area contributed by atoms with Crippen LogP contribution in [0.25, 0.3) is 0 Å². The molecule has 0 fully saturated rings. The van der Waals surface area contributed by atoms with Gasteiger partial charge in [-0.15, -0.1) is 0 Å². The summed E-state index contributed by atoms with van der Waals surface area (Å²) in [6.07, 6.45) is 4.95. The summed E-state index contributed by atoms with van der Waals surface area (Å²) in [6.45, 7) is 0. The van der Waals surface area contributed by atoms with Crippen LogP contribution in [-0.4, -0.2) is 13.0 Å². The van der Waals surface area contributed by atoms with E-state index in [1.54, 1.807) is 19.3 Å². The second-order valence-electron chi connectivity index (χ2n) is 2.39. The van der Waals surface area contributed by atoms with Crippen LogP contribution in [0.2, 0.25) is 0 Å². The van der Waals surface area contributed by atoms with Gasteiger partial charge in [0.25, 0.3) is 0 Å². The molecule has 0 unspecified atom stereocenters. The fraction of sp³-hybridized carbons (Fsp3) is 0.375. The third-order valence-electron chi connectivity index (χ3n) is 1.69. The van der Waals surface area contributed by atoms with E-state index in [4.69, 9.17) is 10.5 Å². The van der Waals surface area contributed by atoms with E-state index in [1.807, 2.05) is 0 Å². The lowest BCUT2D eigenvalue weighted by atomic mass is 10.0. The Kier molecular flexibility index (Phi) is 2.31. The van der Waals surface area contributed by atoms with Crippen molar-refractivity contribution >= 4 is 5.91 Å². The molecule has 0 atom stereocenters. The summed E-state index contributed by atoms with van der Waals surface area (Å²) in [5.41, 5.74) is 5.75. The van der Waals surface area contributed by atoms with Crippen molar-refractivity contribution in [3.63, 3.8) is 0 Å². The zero-order valence-corrected chi connectivity index (χ0v) is 6.46. The molecule has 0 heterocycles. The van der Waals surface area contributed by atoms with Crippen molar-refractivity contribution in [1.29, 1.82) is 0 Å². The van der Waals surface area contributed by atoms with Crippen molar-refractivity contribution in [2.45, 2.75) is 12.8 Å².